The molecular formula is C14H11FN2O4. The Balaban J connectivity index is 2.00. The maximum atomic E-state index is 13.2. The molecule has 0 atom stereocenters. The van der Waals surface area contributed by atoms with Gasteiger partial charge in [-0.3, -0.25) is 19.7 Å². The zero-order valence-electron chi connectivity index (χ0n) is 11.1. The van der Waals surface area contributed by atoms with Gasteiger partial charge in [0.1, 0.15) is 24.5 Å². The Bertz CT molecular complexity index is 765. The predicted octanol–water partition coefficient (Wildman–Crippen LogP) is 0.979. The first-order valence-corrected chi connectivity index (χ1v) is 6.26. The molecule has 0 saturated carbocycles. The zero-order chi connectivity index (χ0) is 15.1. The van der Waals surface area contributed by atoms with Crippen molar-refractivity contribution in [3.8, 4) is 0 Å². The Labute approximate surface area is 118 Å². The lowest BCUT2D eigenvalue weighted by molar-refractivity contribution is -0.135. The van der Waals surface area contributed by atoms with Crippen molar-refractivity contribution in [3.63, 3.8) is 0 Å². The Morgan fingerprint density at radius 1 is 1.29 bits per heavy atom. The summed E-state index contributed by atoms with van der Waals surface area (Å²) in [4.78, 5) is 36.1. The van der Waals surface area contributed by atoms with Gasteiger partial charge in [0.05, 0.1) is 0 Å². The van der Waals surface area contributed by atoms with E-state index in [-0.39, 0.29) is 18.8 Å². The maximum Gasteiger partial charge on any atom is 0.290 e. The van der Waals surface area contributed by atoms with Crippen LogP contribution in [0.15, 0.2) is 22.6 Å². The van der Waals surface area contributed by atoms with Gasteiger partial charge >= 0.3 is 0 Å². The molecular weight excluding hydrogens is 279 g/mol. The molecule has 1 aliphatic rings. The third-order valence-electron chi connectivity index (χ3n) is 3.33. The molecule has 1 aromatic carbocycles. The highest BCUT2D eigenvalue weighted by atomic mass is 19.1. The van der Waals surface area contributed by atoms with Crippen molar-refractivity contribution in [1.82, 2.24) is 10.2 Å². The van der Waals surface area contributed by atoms with E-state index < -0.39 is 23.5 Å². The van der Waals surface area contributed by atoms with Crippen LogP contribution in [0, 0.1) is 12.7 Å². The van der Waals surface area contributed by atoms with Gasteiger partial charge in [-0.2, -0.15) is 0 Å². The minimum absolute atomic E-state index is 0.0121. The second kappa shape index (κ2) is 4.69. The smallest absolute Gasteiger partial charge is 0.290 e. The van der Waals surface area contributed by atoms with Crippen molar-refractivity contribution >= 4 is 28.7 Å². The summed E-state index contributed by atoms with van der Waals surface area (Å²) in [6.45, 7) is 1.20. The number of carbonyl (C=O) groups is 3. The molecule has 0 aliphatic carbocycles. The van der Waals surface area contributed by atoms with Gasteiger partial charge in [0.25, 0.3) is 5.91 Å². The fourth-order valence-corrected chi connectivity index (χ4v) is 2.32. The molecule has 3 rings (SSSR count). The second-order valence-corrected chi connectivity index (χ2v) is 4.83. The van der Waals surface area contributed by atoms with Crippen LogP contribution >= 0.6 is 0 Å². The molecule has 0 radical (unpaired) electrons. The minimum atomic E-state index is -0.563. The van der Waals surface area contributed by atoms with Crippen LogP contribution in [-0.4, -0.2) is 35.7 Å². The number of nitrogens with zero attached hydrogens (tertiary/aromatic N) is 1. The molecule has 108 valence electrons. The van der Waals surface area contributed by atoms with E-state index in [4.69, 9.17) is 4.42 Å². The quantitative estimate of drug-likeness (QED) is 0.794. The number of carbonyl (C=O) groups excluding carboxylic acids is 3. The van der Waals surface area contributed by atoms with E-state index in [2.05, 4.69) is 5.32 Å². The fraction of sp³-hybridized carbons (Fsp3) is 0.214. The number of aryl methyl sites for hydroxylation is 1. The average Bonchev–Trinajstić information content (AvgIpc) is 2.74. The average molecular weight is 290 g/mol. The number of hydrogen-bond acceptors (Lipinski definition) is 4. The van der Waals surface area contributed by atoms with Crippen LogP contribution in [0.4, 0.5) is 4.39 Å². The topological polar surface area (TPSA) is 79.6 Å². The standard InChI is InChI=1S/C14H11FN2O4/c1-7-9-4-8(15)2-3-10(9)21-13(7)14(20)17-5-11(18)16-12(19)6-17/h2-4H,5-6H2,1H3,(H,16,18,19). The summed E-state index contributed by atoms with van der Waals surface area (Å²) in [6, 6.07) is 3.94. The van der Waals surface area contributed by atoms with E-state index in [1.165, 1.54) is 18.2 Å². The molecule has 3 amide bonds. The largest absolute Gasteiger partial charge is 0.451 e. The maximum absolute atomic E-state index is 13.2. The number of hydrogen-bond donors (Lipinski definition) is 1. The molecule has 21 heavy (non-hydrogen) atoms. The third-order valence-corrected chi connectivity index (χ3v) is 3.33. The van der Waals surface area contributed by atoms with Gasteiger partial charge in [0.2, 0.25) is 11.8 Å². The first-order chi connectivity index (χ1) is 9.95. The number of piperazine rings is 1. The Morgan fingerprint density at radius 3 is 2.62 bits per heavy atom. The van der Waals surface area contributed by atoms with Gasteiger partial charge in [0, 0.05) is 10.9 Å². The molecule has 2 aromatic rings. The van der Waals surface area contributed by atoms with Gasteiger partial charge in [-0.15, -0.1) is 0 Å². The highest BCUT2D eigenvalue weighted by Crippen LogP contribution is 2.27. The number of halogens is 1. The van der Waals surface area contributed by atoms with E-state index in [1.807, 2.05) is 0 Å². The molecule has 6 nitrogen and oxygen atoms in total. The number of amides is 3. The first-order valence-electron chi connectivity index (χ1n) is 6.26. The van der Waals surface area contributed by atoms with Crippen LogP contribution in [0.1, 0.15) is 16.1 Å². The second-order valence-electron chi connectivity index (χ2n) is 4.83. The van der Waals surface area contributed by atoms with Gasteiger partial charge in [0.15, 0.2) is 5.76 Å². The van der Waals surface area contributed by atoms with Crippen molar-refractivity contribution in [3.05, 3.63) is 35.3 Å². The summed E-state index contributed by atoms with van der Waals surface area (Å²) in [5.74, 6) is -2.07. The number of fused-ring (bicyclic) bond motifs is 1. The van der Waals surface area contributed by atoms with Gasteiger partial charge < -0.3 is 9.32 Å². The number of imide groups is 1. The van der Waals surface area contributed by atoms with Crippen LogP contribution in [-0.2, 0) is 9.59 Å². The van der Waals surface area contributed by atoms with Crippen LogP contribution < -0.4 is 5.32 Å². The molecule has 0 bridgehead atoms. The Kier molecular flexibility index (Phi) is 2.97. The van der Waals surface area contributed by atoms with Crippen molar-refractivity contribution < 1.29 is 23.2 Å². The number of furan rings is 1. The van der Waals surface area contributed by atoms with Crippen molar-refractivity contribution in [2.75, 3.05) is 13.1 Å². The molecule has 1 saturated heterocycles. The summed E-state index contributed by atoms with van der Waals surface area (Å²) in [7, 11) is 0. The van der Waals surface area contributed by atoms with E-state index in [0.717, 1.165) is 4.90 Å². The van der Waals surface area contributed by atoms with Crippen LogP contribution in [0.3, 0.4) is 0 Å². The monoisotopic (exact) mass is 290 g/mol. The van der Waals surface area contributed by atoms with Crippen molar-refractivity contribution in [1.29, 1.82) is 0 Å². The number of benzene rings is 1. The fourth-order valence-electron chi connectivity index (χ4n) is 2.32. The molecule has 1 aliphatic heterocycles. The predicted molar refractivity (Wildman–Crippen MR) is 70.0 cm³/mol. The molecule has 0 unspecified atom stereocenters. The van der Waals surface area contributed by atoms with E-state index in [1.54, 1.807) is 6.92 Å². The molecule has 0 spiro atoms. The molecule has 2 heterocycles. The summed E-state index contributed by atoms with van der Waals surface area (Å²) in [5, 5.41) is 2.60. The lowest BCUT2D eigenvalue weighted by Gasteiger charge is -2.24. The number of nitrogens with one attached hydrogen (secondary N) is 1. The van der Waals surface area contributed by atoms with Crippen molar-refractivity contribution in [2.45, 2.75) is 6.92 Å². The molecule has 1 fully saturated rings. The third kappa shape index (κ3) is 2.26. The SMILES string of the molecule is Cc1c(C(=O)N2CC(=O)NC(=O)C2)oc2ccc(F)cc12. The molecule has 1 N–H and O–H groups in total. The minimum Gasteiger partial charge on any atom is -0.451 e. The van der Waals surface area contributed by atoms with E-state index in [9.17, 15) is 18.8 Å². The lowest BCUT2D eigenvalue weighted by Crippen LogP contribution is -2.53. The van der Waals surface area contributed by atoms with Gasteiger partial charge in [-0.25, -0.2) is 4.39 Å². The number of rotatable bonds is 1. The summed E-state index contributed by atoms with van der Waals surface area (Å²) in [5.41, 5.74) is 0.859. The lowest BCUT2D eigenvalue weighted by atomic mass is 10.1. The van der Waals surface area contributed by atoms with E-state index >= 15 is 0 Å². The normalized spacial score (nSPS) is 15.4. The van der Waals surface area contributed by atoms with E-state index in [0.29, 0.717) is 16.5 Å². The van der Waals surface area contributed by atoms with Crippen LogP contribution in [0.25, 0.3) is 11.0 Å². The Hall–Kier alpha value is -2.70. The van der Waals surface area contributed by atoms with Crippen LogP contribution in [0.2, 0.25) is 0 Å². The van der Waals surface area contributed by atoms with Crippen LogP contribution in [0.5, 0.6) is 0 Å². The summed E-state index contributed by atoms with van der Waals surface area (Å²) < 4.78 is 18.7. The highest BCUT2D eigenvalue weighted by Gasteiger charge is 2.30. The van der Waals surface area contributed by atoms with Gasteiger partial charge in [-0.05, 0) is 25.1 Å². The highest BCUT2D eigenvalue weighted by molar-refractivity contribution is 6.06. The molecule has 1 aromatic heterocycles. The zero-order valence-corrected chi connectivity index (χ0v) is 11.1. The molecule has 7 heteroatoms. The van der Waals surface area contributed by atoms with Crippen molar-refractivity contribution in [2.24, 2.45) is 0 Å². The first kappa shape index (κ1) is 13.3. The van der Waals surface area contributed by atoms with Gasteiger partial charge in [-0.1, -0.05) is 0 Å². The summed E-state index contributed by atoms with van der Waals surface area (Å²) in [6.07, 6.45) is 0. The Morgan fingerprint density at radius 2 is 1.95 bits per heavy atom. The summed E-state index contributed by atoms with van der Waals surface area (Å²) >= 11 is 0.